The Hall–Kier alpha value is -3.63. The molecule has 4 rings (SSSR count). The molecule has 0 saturated carbocycles. The molecule has 1 aromatic carbocycles. The van der Waals surface area contributed by atoms with E-state index >= 15 is 0 Å². The van der Waals surface area contributed by atoms with Crippen molar-refractivity contribution in [1.82, 2.24) is 24.6 Å². The van der Waals surface area contributed by atoms with E-state index in [-0.39, 0.29) is 18.5 Å². The molecule has 11 heteroatoms. The van der Waals surface area contributed by atoms with E-state index in [4.69, 9.17) is 9.47 Å². The molecule has 0 spiro atoms. The first-order valence-corrected chi connectivity index (χ1v) is 10.3. The van der Waals surface area contributed by atoms with Crippen molar-refractivity contribution in [2.24, 2.45) is 7.05 Å². The van der Waals surface area contributed by atoms with Crippen molar-refractivity contribution in [1.29, 1.82) is 0 Å². The van der Waals surface area contributed by atoms with E-state index in [2.05, 4.69) is 15.1 Å². The summed E-state index contributed by atoms with van der Waals surface area (Å²) in [5.74, 6) is 0.395. The summed E-state index contributed by atoms with van der Waals surface area (Å²) < 4.78 is 51.2. The fourth-order valence-corrected chi connectivity index (χ4v) is 3.74. The molecule has 0 radical (unpaired) electrons. The van der Waals surface area contributed by atoms with Crippen LogP contribution in [0, 0.1) is 0 Å². The maximum Gasteiger partial charge on any atom is 0.433 e. The zero-order valence-corrected chi connectivity index (χ0v) is 18.0. The van der Waals surface area contributed by atoms with E-state index in [1.165, 1.54) is 4.68 Å². The average molecular weight is 461 g/mol. The quantitative estimate of drug-likeness (QED) is 0.578. The number of hydrogen-bond acceptors (Lipinski definition) is 6. The summed E-state index contributed by atoms with van der Waals surface area (Å²) in [6.45, 7) is 0.699. The third-order valence-corrected chi connectivity index (χ3v) is 5.34. The number of aromatic nitrogens is 4. The Balaban J connectivity index is 1.49. The Morgan fingerprint density at radius 1 is 1.21 bits per heavy atom. The fraction of sp³-hybridized carbons (Fsp3) is 0.364. The monoisotopic (exact) mass is 461 g/mol. The lowest BCUT2D eigenvalue weighted by atomic mass is 10.1. The highest BCUT2D eigenvalue weighted by Crippen LogP contribution is 2.30. The predicted molar refractivity (Wildman–Crippen MR) is 112 cm³/mol. The van der Waals surface area contributed by atoms with E-state index in [0.717, 1.165) is 17.8 Å². The molecule has 1 aliphatic heterocycles. The second kappa shape index (κ2) is 9.08. The number of carbonyl (C=O) groups is 1. The Kier molecular flexibility index (Phi) is 6.21. The van der Waals surface area contributed by atoms with Crippen LogP contribution in [0.5, 0.6) is 11.8 Å². The van der Waals surface area contributed by atoms with E-state index in [9.17, 15) is 18.0 Å². The summed E-state index contributed by atoms with van der Waals surface area (Å²) in [5, 5.41) is 4.46. The number of para-hydroxylation sites is 1. The molecule has 1 saturated heterocycles. The van der Waals surface area contributed by atoms with Gasteiger partial charge in [0.05, 0.1) is 19.3 Å². The minimum Gasteiger partial charge on any atom is -0.496 e. The van der Waals surface area contributed by atoms with Crippen molar-refractivity contribution in [3.05, 3.63) is 54.0 Å². The molecule has 8 nitrogen and oxygen atoms in total. The van der Waals surface area contributed by atoms with Gasteiger partial charge in [0.25, 0.3) is 5.91 Å². The second-order valence-electron chi connectivity index (χ2n) is 7.59. The number of amides is 1. The molecule has 1 atom stereocenters. The van der Waals surface area contributed by atoms with Gasteiger partial charge in [0.15, 0.2) is 5.69 Å². The number of likely N-dealkylation sites (tertiary alicyclic amines) is 1. The van der Waals surface area contributed by atoms with Crippen LogP contribution in [0.3, 0.4) is 0 Å². The summed E-state index contributed by atoms with van der Waals surface area (Å²) in [6.07, 6.45) is -2.90. The number of carbonyl (C=O) groups excluding carboxylic acids is 1. The number of benzene rings is 1. The number of piperidine rings is 1. The van der Waals surface area contributed by atoms with E-state index < -0.39 is 18.0 Å². The van der Waals surface area contributed by atoms with Crippen molar-refractivity contribution in [3.8, 4) is 23.0 Å². The highest BCUT2D eigenvalue weighted by molar-refractivity contribution is 5.94. The smallest absolute Gasteiger partial charge is 0.433 e. The largest absolute Gasteiger partial charge is 0.496 e. The third-order valence-electron chi connectivity index (χ3n) is 5.34. The van der Waals surface area contributed by atoms with Crippen molar-refractivity contribution >= 4 is 5.91 Å². The van der Waals surface area contributed by atoms with Crippen LogP contribution < -0.4 is 9.47 Å². The van der Waals surface area contributed by atoms with Gasteiger partial charge in [-0.3, -0.25) is 9.48 Å². The summed E-state index contributed by atoms with van der Waals surface area (Å²) in [6, 6.07) is 9.49. The highest BCUT2D eigenvalue weighted by atomic mass is 19.4. The lowest BCUT2D eigenvalue weighted by Crippen LogP contribution is -2.45. The summed E-state index contributed by atoms with van der Waals surface area (Å²) in [7, 11) is 3.25. The summed E-state index contributed by atoms with van der Waals surface area (Å²) in [4.78, 5) is 22.0. The van der Waals surface area contributed by atoms with Gasteiger partial charge in [0, 0.05) is 25.4 Å². The Morgan fingerprint density at radius 2 is 2.00 bits per heavy atom. The van der Waals surface area contributed by atoms with Gasteiger partial charge in [0.2, 0.25) is 0 Å². The minimum atomic E-state index is -4.59. The number of ether oxygens (including phenoxy) is 2. The van der Waals surface area contributed by atoms with Gasteiger partial charge >= 0.3 is 12.2 Å². The predicted octanol–water partition coefficient (Wildman–Crippen LogP) is 3.59. The van der Waals surface area contributed by atoms with Gasteiger partial charge in [0.1, 0.15) is 17.5 Å². The number of methoxy groups -OCH3 is 1. The van der Waals surface area contributed by atoms with Gasteiger partial charge in [-0.2, -0.15) is 23.3 Å². The number of rotatable bonds is 5. The van der Waals surface area contributed by atoms with Crippen LogP contribution in [0.2, 0.25) is 0 Å². The standard InChI is InChI=1S/C22H22F3N5O3/c1-29-17(12-16(28-29)15-7-3-4-8-18(15)32-2)20(31)30-11-5-6-14(13-30)33-21-26-10-9-19(27-21)22(23,24)25/h3-4,7-10,12,14H,5-6,11,13H2,1-2H3. The Labute approximate surface area is 188 Å². The Bertz CT molecular complexity index is 1150. The van der Waals surface area contributed by atoms with Crippen LogP contribution in [0.25, 0.3) is 11.3 Å². The van der Waals surface area contributed by atoms with Crippen LogP contribution in [0.4, 0.5) is 13.2 Å². The molecule has 0 aliphatic carbocycles. The van der Waals surface area contributed by atoms with E-state index in [1.54, 1.807) is 25.1 Å². The van der Waals surface area contributed by atoms with Crippen molar-refractivity contribution in [3.63, 3.8) is 0 Å². The van der Waals surface area contributed by atoms with Crippen LogP contribution in [-0.4, -0.2) is 56.9 Å². The zero-order chi connectivity index (χ0) is 23.6. The number of alkyl halides is 3. The average Bonchev–Trinajstić information content (AvgIpc) is 3.19. The molecule has 33 heavy (non-hydrogen) atoms. The van der Waals surface area contributed by atoms with Gasteiger partial charge in [-0.1, -0.05) is 12.1 Å². The maximum absolute atomic E-state index is 13.2. The maximum atomic E-state index is 13.2. The summed E-state index contributed by atoms with van der Waals surface area (Å²) in [5.41, 5.74) is 0.665. The molecule has 1 unspecified atom stereocenters. The van der Waals surface area contributed by atoms with Gasteiger partial charge < -0.3 is 14.4 Å². The van der Waals surface area contributed by atoms with Crippen molar-refractivity contribution in [2.45, 2.75) is 25.1 Å². The first-order chi connectivity index (χ1) is 15.8. The third kappa shape index (κ3) is 4.91. The first kappa shape index (κ1) is 22.6. The van der Waals surface area contributed by atoms with Crippen LogP contribution in [0.15, 0.2) is 42.6 Å². The SMILES string of the molecule is COc1ccccc1-c1cc(C(=O)N2CCCC(Oc3nccc(C(F)(F)F)n3)C2)n(C)n1. The normalized spacial score (nSPS) is 16.5. The molecular formula is C22H22F3N5O3. The van der Waals surface area contributed by atoms with Crippen LogP contribution in [-0.2, 0) is 13.2 Å². The minimum absolute atomic E-state index is 0.202. The van der Waals surface area contributed by atoms with E-state index in [1.807, 2.05) is 24.3 Å². The van der Waals surface area contributed by atoms with E-state index in [0.29, 0.717) is 36.5 Å². The molecule has 2 aromatic heterocycles. The van der Waals surface area contributed by atoms with Crippen molar-refractivity contribution < 1.29 is 27.4 Å². The van der Waals surface area contributed by atoms with Gasteiger partial charge in [-0.05, 0) is 37.1 Å². The molecule has 1 aliphatic rings. The molecule has 1 amide bonds. The molecule has 0 N–H and O–H groups in total. The molecule has 3 aromatic rings. The molecular weight excluding hydrogens is 439 g/mol. The molecule has 3 heterocycles. The van der Waals surface area contributed by atoms with Gasteiger partial charge in [-0.25, -0.2) is 4.98 Å². The van der Waals surface area contributed by atoms with Gasteiger partial charge in [-0.15, -0.1) is 0 Å². The van der Waals surface area contributed by atoms with Crippen molar-refractivity contribution in [2.75, 3.05) is 20.2 Å². The molecule has 0 bridgehead atoms. The highest BCUT2D eigenvalue weighted by Gasteiger charge is 2.34. The Morgan fingerprint density at radius 3 is 2.76 bits per heavy atom. The molecule has 1 fully saturated rings. The topological polar surface area (TPSA) is 82.4 Å². The zero-order valence-electron chi connectivity index (χ0n) is 18.0. The lowest BCUT2D eigenvalue weighted by molar-refractivity contribution is -0.141. The number of halogens is 3. The number of aryl methyl sites for hydroxylation is 1. The summed E-state index contributed by atoms with van der Waals surface area (Å²) >= 11 is 0. The van der Waals surface area contributed by atoms with Crippen LogP contribution in [0.1, 0.15) is 29.0 Å². The number of hydrogen-bond donors (Lipinski definition) is 0. The molecule has 174 valence electrons. The second-order valence-corrected chi connectivity index (χ2v) is 7.59. The first-order valence-electron chi connectivity index (χ1n) is 10.3. The number of nitrogens with zero attached hydrogens (tertiary/aromatic N) is 5. The fourth-order valence-electron chi connectivity index (χ4n) is 3.74. The lowest BCUT2D eigenvalue weighted by Gasteiger charge is -2.32. The van der Waals surface area contributed by atoms with Crippen LogP contribution >= 0.6 is 0 Å².